The number of aliphatic carboxylic acids is 2. The van der Waals surface area contributed by atoms with E-state index in [-0.39, 0.29) is 24.7 Å². The SMILES string of the molecule is CC(C)CC(NC(=O)C(N)CC(=O)O)C(=O)NC(CCCCN)C(=O)NC(C(=O)O)C(C)C. The number of carboxylic acids is 2. The molecule has 0 fully saturated rings. The number of carbonyl (C=O) groups is 5. The van der Waals surface area contributed by atoms with E-state index in [9.17, 15) is 29.1 Å². The van der Waals surface area contributed by atoms with Crippen molar-refractivity contribution in [3.8, 4) is 0 Å². The number of carbonyl (C=O) groups excluding carboxylic acids is 3. The number of rotatable bonds is 16. The predicted octanol–water partition coefficient (Wildman–Crippen LogP) is -0.841. The van der Waals surface area contributed by atoms with Crippen LogP contribution >= 0.6 is 0 Å². The van der Waals surface area contributed by atoms with Gasteiger partial charge in [0.2, 0.25) is 17.7 Å². The molecule has 0 heterocycles. The van der Waals surface area contributed by atoms with Gasteiger partial charge in [0.05, 0.1) is 12.5 Å². The largest absolute Gasteiger partial charge is 0.481 e. The first-order valence-electron chi connectivity index (χ1n) is 11.1. The molecule has 0 aliphatic carbocycles. The number of amides is 3. The van der Waals surface area contributed by atoms with Gasteiger partial charge in [-0.15, -0.1) is 0 Å². The maximum absolute atomic E-state index is 13.0. The van der Waals surface area contributed by atoms with Crippen LogP contribution in [0.15, 0.2) is 0 Å². The number of unbranched alkanes of at least 4 members (excludes halogenated alkanes) is 1. The second-order valence-corrected chi connectivity index (χ2v) is 8.81. The van der Waals surface area contributed by atoms with Crippen LogP contribution in [-0.4, -0.2) is 70.6 Å². The van der Waals surface area contributed by atoms with Gasteiger partial charge >= 0.3 is 11.9 Å². The van der Waals surface area contributed by atoms with Crippen LogP contribution in [0.25, 0.3) is 0 Å². The van der Waals surface area contributed by atoms with Crippen LogP contribution in [0.2, 0.25) is 0 Å². The van der Waals surface area contributed by atoms with Crippen molar-refractivity contribution in [1.82, 2.24) is 16.0 Å². The average Bonchev–Trinajstić information content (AvgIpc) is 2.69. The van der Waals surface area contributed by atoms with Crippen molar-refractivity contribution in [2.24, 2.45) is 23.3 Å². The van der Waals surface area contributed by atoms with Crippen molar-refractivity contribution in [3.05, 3.63) is 0 Å². The van der Waals surface area contributed by atoms with Crippen molar-refractivity contribution >= 4 is 29.7 Å². The molecule has 0 aliphatic heterocycles. The number of nitrogens with two attached hydrogens (primary N) is 2. The van der Waals surface area contributed by atoms with Crippen molar-refractivity contribution < 1.29 is 34.2 Å². The van der Waals surface area contributed by atoms with E-state index in [1.54, 1.807) is 13.8 Å². The molecule has 190 valence electrons. The molecular weight excluding hydrogens is 434 g/mol. The van der Waals surface area contributed by atoms with Crippen LogP contribution in [0.1, 0.15) is 59.8 Å². The molecule has 0 saturated carbocycles. The zero-order valence-corrected chi connectivity index (χ0v) is 19.8. The van der Waals surface area contributed by atoms with Crippen LogP contribution in [0.5, 0.6) is 0 Å². The molecule has 4 atom stereocenters. The molecule has 0 radical (unpaired) electrons. The number of hydrogen-bond donors (Lipinski definition) is 7. The topological polar surface area (TPSA) is 214 Å². The molecule has 0 spiro atoms. The summed E-state index contributed by atoms with van der Waals surface area (Å²) >= 11 is 0. The van der Waals surface area contributed by atoms with Gasteiger partial charge in [-0.1, -0.05) is 27.7 Å². The summed E-state index contributed by atoms with van der Waals surface area (Å²) in [5, 5.41) is 25.7. The maximum Gasteiger partial charge on any atom is 0.326 e. The Morgan fingerprint density at radius 3 is 1.82 bits per heavy atom. The number of carboxylic acid groups (broad SMARTS) is 2. The lowest BCUT2D eigenvalue weighted by atomic mass is 10.0. The summed E-state index contributed by atoms with van der Waals surface area (Å²) in [5.41, 5.74) is 11.1. The summed E-state index contributed by atoms with van der Waals surface area (Å²) in [6.45, 7) is 7.34. The second kappa shape index (κ2) is 15.2. The first-order chi connectivity index (χ1) is 15.3. The Labute approximate surface area is 194 Å². The first kappa shape index (κ1) is 30.3. The van der Waals surface area contributed by atoms with Gasteiger partial charge < -0.3 is 37.6 Å². The fraction of sp³-hybridized carbons (Fsp3) is 0.762. The van der Waals surface area contributed by atoms with Crippen molar-refractivity contribution in [3.63, 3.8) is 0 Å². The lowest BCUT2D eigenvalue weighted by molar-refractivity contribution is -0.143. The molecule has 0 aromatic rings. The van der Waals surface area contributed by atoms with E-state index < -0.39 is 60.2 Å². The van der Waals surface area contributed by atoms with E-state index in [4.69, 9.17) is 16.6 Å². The van der Waals surface area contributed by atoms with Crippen molar-refractivity contribution in [2.45, 2.75) is 84.0 Å². The zero-order chi connectivity index (χ0) is 25.7. The van der Waals surface area contributed by atoms with Crippen LogP contribution in [0, 0.1) is 11.8 Å². The zero-order valence-electron chi connectivity index (χ0n) is 19.8. The van der Waals surface area contributed by atoms with Gasteiger partial charge in [-0.3, -0.25) is 19.2 Å². The number of hydrogen-bond acceptors (Lipinski definition) is 7. The first-order valence-corrected chi connectivity index (χ1v) is 11.1. The predicted molar refractivity (Wildman–Crippen MR) is 121 cm³/mol. The smallest absolute Gasteiger partial charge is 0.326 e. The van der Waals surface area contributed by atoms with Crippen molar-refractivity contribution in [1.29, 1.82) is 0 Å². The molecule has 0 aromatic heterocycles. The van der Waals surface area contributed by atoms with Crippen LogP contribution in [0.3, 0.4) is 0 Å². The highest BCUT2D eigenvalue weighted by Crippen LogP contribution is 2.09. The van der Waals surface area contributed by atoms with E-state index in [0.29, 0.717) is 19.4 Å². The van der Waals surface area contributed by atoms with Gasteiger partial charge in [0.25, 0.3) is 0 Å². The molecule has 9 N–H and O–H groups in total. The minimum Gasteiger partial charge on any atom is -0.481 e. The van der Waals surface area contributed by atoms with Gasteiger partial charge in [0, 0.05) is 0 Å². The van der Waals surface area contributed by atoms with Gasteiger partial charge in [-0.25, -0.2) is 4.79 Å². The highest BCUT2D eigenvalue weighted by atomic mass is 16.4. The van der Waals surface area contributed by atoms with Crippen LogP contribution < -0.4 is 27.4 Å². The fourth-order valence-electron chi connectivity index (χ4n) is 3.06. The van der Waals surface area contributed by atoms with E-state index in [2.05, 4.69) is 16.0 Å². The Hall–Kier alpha value is -2.73. The number of nitrogens with one attached hydrogen (secondary N) is 3. The van der Waals surface area contributed by atoms with Gasteiger partial charge in [-0.05, 0) is 44.1 Å². The molecule has 12 nitrogen and oxygen atoms in total. The van der Waals surface area contributed by atoms with Crippen molar-refractivity contribution in [2.75, 3.05) is 6.54 Å². The minimum atomic E-state index is -1.34. The quantitative estimate of drug-likeness (QED) is 0.139. The Balaban J connectivity index is 5.51. The third-order valence-electron chi connectivity index (χ3n) is 4.88. The third kappa shape index (κ3) is 12.2. The monoisotopic (exact) mass is 473 g/mol. The van der Waals surface area contributed by atoms with E-state index in [1.807, 2.05) is 13.8 Å². The standard InChI is InChI=1S/C21H39N5O7/c1-11(2)9-15(25-18(29)13(23)10-16(27)28)20(31)24-14(7-5-6-8-22)19(30)26-17(12(3)4)21(32)33/h11-15,17H,5-10,22-23H2,1-4H3,(H,24,31)(H,25,29)(H,26,30)(H,27,28)(H,32,33). The van der Waals surface area contributed by atoms with E-state index in [0.717, 1.165) is 0 Å². The maximum atomic E-state index is 13.0. The molecule has 3 amide bonds. The lowest BCUT2D eigenvalue weighted by Crippen LogP contribution is -2.57. The van der Waals surface area contributed by atoms with Gasteiger partial charge in [0.15, 0.2) is 0 Å². The highest BCUT2D eigenvalue weighted by molar-refractivity contribution is 5.94. The third-order valence-corrected chi connectivity index (χ3v) is 4.88. The molecule has 0 saturated heterocycles. The molecule has 33 heavy (non-hydrogen) atoms. The second-order valence-electron chi connectivity index (χ2n) is 8.81. The average molecular weight is 474 g/mol. The lowest BCUT2D eigenvalue weighted by Gasteiger charge is -2.26. The fourth-order valence-corrected chi connectivity index (χ4v) is 3.06. The molecule has 0 aromatic carbocycles. The van der Waals surface area contributed by atoms with Gasteiger partial charge in [0.1, 0.15) is 18.1 Å². The minimum absolute atomic E-state index is 0.0152. The Bertz CT molecular complexity index is 684. The summed E-state index contributed by atoms with van der Waals surface area (Å²) in [4.78, 5) is 60.3. The van der Waals surface area contributed by atoms with Crippen LogP contribution in [0.4, 0.5) is 0 Å². The molecule has 0 rings (SSSR count). The summed E-state index contributed by atoms with van der Waals surface area (Å²) in [5.74, 6) is -4.94. The van der Waals surface area contributed by atoms with Gasteiger partial charge in [-0.2, -0.15) is 0 Å². The summed E-state index contributed by atoms with van der Waals surface area (Å²) in [7, 11) is 0. The summed E-state index contributed by atoms with van der Waals surface area (Å²) in [6, 6.07) is -4.56. The Kier molecular flexibility index (Phi) is 13.9. The Morgan fingerprint density at radius 2 is 1.36 bits per heavy atom. The normalized spacial score (nSPS) is 14.8. The molecule has 12 heteroatoms. The van der Waals surface area contributed by atoms with E-state index >= 15 is 0 Å². The highest BCUT2D eigenvalue weighted by Gasteiger charge is 2.31. The molecule has 4 unspecified atom stereocenters. The Morgan fingerprint density at radius 1 is 0.818 bits per heavy atom. The van der Waals surface area contributed by atoms with E-state index in [1.165, 1.54) is 0 Å². The molecule has 0 bridgehead atoms. The molecule has 0 aliphatic rings. The summed E-state index contributed by atoms with van der Waals surface area (Å²) < 4.78 is 0. The summed E-state index contributed by atoms with van der Waals surface area (Å²) in [6.07, 6.45) is 0.956. The molecular formula is C21H39N5O7. The van der Waals surface area contributed by atoms with Crippen LogP contribution in [-0.2, 0) is 24.0 Å².